The molecule has 0 atom stereocenters. The summed E-state index contributed by atoms with van der Waals surface area (Å²) in [5, 5.41) is 3.36. The Labute approximate surface area is 111 Å². The minimum absolute atomic E-state index is 0.266. The number of ether oxygens (including phenoxy) is 1. The zero-order chi connectivity index (χ0) is 13.0. The molecule has 1 aliphatic rings. The smallest absolute Gasteiger partial charge is 0.0475 e. The van der Waals surface area contributed by atoms with Crippen LogP contribution in [0.3, 0.4) is 0 Å². The normalized spacial score (nSPS) is 19.1. The molecule has 0 unspecified atom stereocenters. The van der Waals surface area contributed by atoms with Crippen LogP contribution < -0.4 is 5.32 Å². The van der Waals surface area contributed by atoms with Crippen molar-refractivity contribution in [3.8, 4) is 0 Å². The Balaban J connectivity index is 2.24. The molecule has 18 heavy (non-hydrogen) atoms. The lowest BCUT2D eigenvalue weighted by Gasteiger charge is -2.38. The van der Waals surface area contributed by atoms with Crippen LogP contribution in [-0.4, -0.2) is 26.8 Å². The minimum Gasteiger partial charge on any atom is -0.381 e. The summed E-state index contributed by atoms with van der Waals surface area (Å²) in [6.07, 6.45) is 2.24. The van der Waals surface area contributed by atoms with E-state index in [4.69, 9.17) is 4.74 Å². The molecule has 0 radical (unpaired) electrons. The molecule has 0 bridgehead atoms. The second-order valence-corrected chi connectivity index (χ2v) is 5.70. The van der Waals surface area contributed by atoms with Crippen LogP contribution in [0.25, 0.3) is 0 Å². The SMILES string of the molecule is CNCC1(c2ccc(C(C)C)cc2)CCOCC1. The Morgan fingerprint density at radius 2 is 1.78 bits per heavy atom. The van der Waals surface area contributed by atoms with Gasteiger partial charge in [-0.05, 0) is 36.9 Å². The van der Waals surface area contributed by atoms with Crippen LogP contribution in [0.15, 0.2) is 24.3 Å². The molecule has 0 saturated carbocycles. The van der Waals surface area contributed by atoms with Gasteiger partial charge in [0.05, 0.1) is 0 Å². The predicted molar refractivity (Wildman–Crippen MR) is 76.2 cm³/mol. The van der Waals surface area contributed by atoms with E-state index in [0.29, 0.717) is 5.92 Å². The van der Waals surface area contributed by atoms with Gasteiger partial charge in [-0.2, -0.15) is 0 Å². The summed E-state index contributed by atoms with van der Waals surface area (Å²) in [6, 6.07) is 9.20. The van der Waals surface area contributed by atoms with E-state index in [2.05, 4.69) is 43.4 Å². The quantitative estimate of drug-likeness (QED) is 0.883. The first kappa shape index (κ1) is 13.6. The minimum atomic E-state index is 0.266. The summed E-state index contributed by atoms with van der Waals surface area (Å²) in [4.78, 5) is 0. The first-order valence-corrected chi connectivity index (χ1v) is 7.01. The fourth-order valence-corrected chi connectivity index (χ4v) is 2.89. The summed E-state index contributed by atoms with van der Waals surface area (Å²) >= 11 is 0. The van der Waals surface area contributed by atoms with E-state index in [1.807, 2.05) is 7.05 Å². The van der Waals surface area contributed by atoms with Gasteiger partial charge in [0.25, 0.3) is 0 Å². The van der Waals surface area contributed by atoms with Gasteiger partial charge in [-0.25, -0.2) is 0 Å². The van der Waals surface area contributed by atoms with E-state index in [1.165, 1.54) is 11.1 Å². The number of benzene rings is 1. The second-order valence-electron chi connectivity index (χ2n) is 5.70. The van der Waals surface area contributed by atoms with Crippen molar-refractivity contribution in [2.45, 2.75) is 38.0 Å². The number of rotatable bonds is 4. The topological polar surface area (TPSA) is 21.3 Å². The highest BCUT2D eigenvalue weighted by Gasteiger charge is 2.33. The third kappa shape index (κ3) is 2.76. The molecule has 2 heteroatoms. The standard InChI is InChI=1S/C16H25NO/c1-13(2)14-4-6-15(7-5-14)16(12-17-3)8-10-18-11-9-16/h4-7,13,17H,8-12H2,1-3H3. The van der Waals surface area contributed by atoms with E-state index in [1.54, 1.807) is 0 Å². The lowest BCUT2D eigenvalue weighted by atomic mass is 9.74. The van der Waals surface area contributed by atoms with Crippen molar-refractivity contribution in [1.82, 2.24) is 5.32 Å². The molecule has 1 N–H and O–H groups in total. The van der Waals surface area contributed by atoms with Crippen LogP contribution >= 0.6 is 0 Å². The molecule has 1 aromatic rings. The van der Waals surface area contributed by atoms with Crippen LogP contribution in [0, 0.1) is 0 Å². The van der Waals surface area contributed by atoms with Gasteiger partial charge in [0.2, 0.25) is 0 Å². The summed E-state index contributed by atoms with van der Waals surface area (Å²) in [6.45, 7) is 7.29. The van der Waals surface area contributed by atoms with Crippen molar-refractivity contribution in [2.75, 3.05) is 26.8 Å². The Morgan fingerprint density at radius 1 is 1.17 bits per heavy atom. The van der Waals surface area contributed by atoms with Crippen LogP contribution in [0.1, 0.15) is 43.7 Å². The zero-order valence-electron chi connectivity index (χ0n) is 11.8. The van der Waals surface area contributed by atoms with Crippen molar-refractivity contribution in [3.05, 3.63) is 35.4 Å². The van der Waals surface area contributed by atoms with Crippen LogP contribution in [0.2, 0.25) is 0 Å². The molecular formula is C16H25NO. The van der Waals surface area contributed by atoms with Gasteiger partial charge in [0.15, 0.2) is 0 Å². The molecule has 0 amide bonds. The zero-order valence-corrected chi connectivity index (χ0v) is 11.8. The van der Waals surface area contributed by atoms with Gasteiger partial charge in [0, 0.05) is 25.2 Å². The Bertz CT molecular complexity index is 358. The monoisotopic (exact) mass is 247 g/mol. The van der Waals surface area contributed by atoms with E-state index in [9.17, 15) is 0 Å². The number of likely N-dealkylation sites (N-methyl/N-ethyl adjacent to an activating group) is 1. The molecule has 1 aliphatic heterocycles. The van der Waals surface area contributed by atoms with Crippen LogP contribution in [-0.2, 0) is 10.2 Å². The molecule has 100 valence electrons. The van der Waals surface area contributed by atoms with Gasteiger partial charge in [-0.1, -0.05) is 38.1 Å². The third-order valence-electron chi connectivity index (χ3n) is 4.15. The third-order valence-corrected chi connectivity index (χ3v) is 4.15. The molecule has 1 aromatic carbocycles. The average Bonchev–Trinajstić information content (AvgIpc) is 2.40. The maximum atomic E-state index is 5.53. The van der Waals surface area contributed by atoms with Crippen LogP contribution in [0.4, 0.5) is 0 Å². The van der Waals surface area contributed by atoms with E-state index in [-0.39, 0.29) is 5.41 Å². The molecule has 0 aromatic heterocycles. The van der Waals surface area contributed by atoms with Crippen molar-refractivity contribution < 1.29 is 4.74 Å². The molecule has 0 spiro atoms. The molecular weight excluding hydrogens is 222 g/mol. The van der Waals surface area contributed by atoms with Gasteiger partial charge >= 0.3 is 0 Å². The van der Waals surface area contributed by atoms with Gasteiger partial charge < -0.3 is 10.1 Å². The lowest BCUT2D eigenvalue weighted by Crippen LogP contribution is -2.41. The van der Waals surface area contributed by atoms with Gasteiger partial charge in [0.1, 0.15) is 0 Å². The van der Waals surface area contributed by atoms with E-state index in [0.717, 1.165) is 32.6 Å². The molecule has 0 aliphatic carbocycles. The maximum Gasteiger partial charge on any atom is 0.0475 e. The van der Waals surface area contributed by atoms with Gasteiger partial charge in [-0.15, -0.1) is 0 Å². The summed E-state index contributed by atoms with van der Waals surface area (Å²) in [5.74, 6) is 0.606. The van der Waals surface area contributed by atoms with Crippen molar-refractivity contribution in [3.63, 3.8) is 0 Å². The fourth-order valence-electron chi connectivity index (χ4n) is 2.89. The lowest BCUT2D eigenvalue weighted by molar-refractivity contribution is 0.0506. The number of nitrogens with one attached hydrogen (secondary N) is 1. The van der Waals surface area contributed by atoms with Gasteiger partial charge in [-0.3, -0.25) is 0 Å². The highest BCUT2D eigenvalue weighted by molar-refractivity contribution is 5.31. The van der Waals surface area contributed by atoms with Crippen molar-refractivity contribution >= 4 is 0 Å². The highest BCUT2D eigenvalue weighted by Crippen LogP contribution is 2.34. The van der Waals surface area contributed by atoms with E-state index < -0.39 is 0 Å². The highest BCUT2D eigenvalue weighted by atomic mass is 16.5. The Hall–Kier alpha value is -0.860. The molecule has 2 rings (SSSR count). The van der Waals surface area contributed by atoms with E-state index >= 15 is 0 Å². The summed E-state index contributed by atoms with van der Waals surface area (Å²) in [5.41, 5.74) is 3.15. The largest absolute Gasteiger partial charge is 0.381 e. The maximum absolute atomic E-state index is 5.53. The van der Waals surface area contributed by atoms with Crippen molar-refractivity contribution in [1.29, 1.82) is 0 Å². The Kier molecular flexibility index (Phi) is 4.41. The molecule has 1 heterocycles. The number of hydrogen-bond acceptors (Lipinski definition) is 2. The fraction of sp³-hybridized carbons (Fsp3) is 0.625. The summed E-state index contributed by atoms with van der Waals surface area (Å²) < 4.78 is 5.53. The summed E-state index contributed by atoms with van der Waals surface area (Å²) in [7, 11) is 2.04. The first-order valence-electron chi connectivity index (χ1n) is 7.01. The Morgan fingerprint density at radius 3 is 2.28 bits per heavy atom. The van der Waals surface area contributed by atoms with Crippen molar-refractivity contribution in [2.24, 2.45) is 0 Å². The number of hydrogen-bond donors (Lipinski definition) is 1. The average molecular weight is 247 g/mol. The predicted octanol–water partition coefficient (Wildman–Crippen LogP) is 3.08. The molecule has 2 nitrogen and oxygen atoms in total. The second kappa shape index (κ2) is 5.85. The first-order chi connectivity index (χ1) is 8.68. The molecule has 1 saturated heterocycles. The molecule has 1 fully saturated rings. The van der Waals surface area contributed by atoms with Crippen LogP contribution in [0.5, 0.6) is 0 Å².